The van der Waals surface area contributed by atoms with Gasteiger partial charge in [0.1, 0.15) is 11.3 Å². The molecule has 140 valence electrons. The average molecular weight is 382 g/mol. The summed E-state index contributed by atoms with van der Waals surface area (Å²) in [5, 5.41) is 19.5. The molecule has 2 aromatic carbocycles. The van der Waals surface area contributed by atoms with E-state index in [1.165, 1.54) is 11.9 Å². The lowest BCUT2D eigenvalue weighted by Crippen LogP contribution is -2.26. The van der Waals surface area contributed by atoms with E-state index in [1.54, 1.807) is 6.20 Å². The van der Waals surface area contributed by atoms with Gasteiger partial charge in [-0.2, -0.15) is 0 Å². The summed E-state index contributed by atoms with van der Waals surface area (Å²) in [6, 6.07) is 13.7. The zero-order valence-corrected chi connectivity index (χ0v) is 15.7. The van der Waals surface area contributed by atoms with Crippen LogP contribution in [0.4, 0.5) is 11.6 Å². The van der Waals surface area contributed by atoms with Crippen LogP contribution in [0.1, 0.15) is 25.7 Å². The molecule has 1 aromatic heterocycles. The van der Waals surface area contributed by atoms with Crippen molar-refractivity contribution in [1.29, 1.82) is 0 Å². The summed E-state index contributed by atoms with van der Waals surface area (Å²) in [5.41, 5.74) is 1.66. The van der Waals surface area contributed by atoms with Crippen LogP contribution in [0.3, 0.4) is 0 Å². The van der Waals surface area contributed by atoms with Crippen LogP contribution in [0.2, 0.25) is 0 Å². The highest BCUT2D eigenvalue weighted by Gasteiger charge is 2.21. The Bertz CT molecular complexity index is 929. The molecule has 1 aliphatic carbocycles. The van der Waals surface area contributed by atoms with Crippen LogP contribution in [0, 0.1) is 0 Å². The number of benzene rings is 2. The Hall–Kier alpha value is -2.35. The minimum Gasteiger partial charge on any atom is -0.488 e. The van der Waals surface area contributed by atoms with Crippen LogP contribution in [0.25, 0.3) is 10.9 Å². The fourth-order valence-electron chi connectivity index (χ4n) is 3.30. The van der Waals surface area contributed by atoms with E-state index < -0.39 is 0 Å². The lowest BCUT2D eigenvalue weighted by atomic mass is 9.95. The van der Waals surface area contributed by atoms with Gasteiger partial charge in [-0.1, -0.05) is 18.2 Å². The molecule has 0 spiro atoms. The normalized spacial score (nSPS) is 19.8. The Balaban J connectivity index is 1.58. The zero-order chi connectivity index (χ0) is 18.6. The number of rotatable bonds is 5. The van der Waals surface area contributed by atoms with E-state index in [-0.39, 0.29) is 12.2 Å². The third kappa shape index (κ3) is 4.32. The first-order chi connectivity index (χ1) is 13.2. The van der Waals surface area contributed by atoms with Crippen LogP contribution < -0.4 is 15.2 Å². The van der Waals surface area contributed by atoms with Gasteiger partial charge >= 0.3 is 0 Å². The number of anilines is 2. The number of nitrogens with two attached hydrogens (primary N) is 1. The van der Waals surface area contributed by atoms with Crippen molar-refractivity contribution in [3.63, 3.8) is 0 Å². The fourth-order valence-corrected chi connectivity index (χ4v) is 3.65. The van der Waals surface area contributed by atoms with Crippen molar-refractivity contribution in [3.8, 4) is 5.75 Å². The molecule has 0 bridgehead atoms. The van der Waals surface area contributed by atoms with E-state index in [0.717, 1.165) is 52.9 Å². The SMILES string of the molecule is NSc1cccc(Nc2ncc3cccc(OC4CCC(O)CC4)c3n2)c1. The Morgan fingerprint density at radius 2 is 1.93 bits per heavy atom. The maximum absolute atomic E-state index is 9.68. The van der Waals surface area contributed by atoms with Crippen LogP contribution in [0.5, 0.6) is 5.75 Å². The molecule has 0 aliphatic heterocycles. The van der Waals surface area contributed by atoms with Crippen molar-refractivity contribution in [2.75, 3.05) is 5.32 Å². The average Bonchev–Trinajstić information content (AvgIpc) is 2.70. The topological polar surface area (TPSA) is 93.3 Å². The largest absolute Gasteiger partial charge is 0.488 e. The fraction of sp³-hybridized carbons (Fsp3) is 0.300. The minimum absolute atomic E-state index is 0.114. The number of hydrogen-bond acceptors (Lipinski definition) is 7. The van der Waals surface area contributed by atoms with Crippen molar-refractivity contribution in [1.82, 2.24) is 9.97 Å². The lowest BCUT2D eigenvalue weighted by molar-refractivity contribution is 0.0672. The van der Waals surface area contributed by atoms with Crippen LogP contribution >= 0.6 is 11.9 Å². The second-order valence-electron chi connectivity index (χ2n) is 6.71. The maximum Gasteiger partial charge on any atom is 0.227 e. The summed E-state index contributed by atoms with van der Waals surface area (Å²) < 4.78 is 6.21. The molecular weight excluding hydrogens is 360 g/mol. The molecule has 0 unspecified atom stereocenters. The van der Waals surface area contributed by atoms with Gasteiger partial charge in [-0.05, 0) is 61.9 Å². The highest BCUT2D eigenvalue weighted by atomic mass is 32.2. The number of ether oxygens (including phenoxy) is 1. The molecule has 0 amide bonds. The molecule has 0 saturated heterocycles. The second kappa shape index (κ2) is 8.12. The standard InChI is InChI=1S/C20H22N4O2S/c21-27-17-5-2-4-14(11-17)23-20-22-12-13-3-1-6-18(19(13)24-20)26-16-9-7-15(25)8-10-16/h1-6,11-12,15-16,25H,7-10,21H2,(H,22,23,24). The number of para-hydroxylation sites is 1. The number of fused-ring (bicyclic) bond motifs is 1. The number of aromatic nitrogens is 2. The Morgan fingerprint density at radius 1 is 1.11 bits per heavy atom. The van der Waals surface area contributed by atoms with Crippen molar-refractivity contribution in [2.45, 2.75) is 42.8 Å². The van der Waals surface area contributed by atoms with Gasteiger partial charge in [0.15, 0.2) is 0 Å². The smallest absolute Gasteiger partial charge is 0.227 e. The first-order valence-electron chi connectivity index (χ1n) is 9.05. The number of aliphatic hydroxyl groups excluding tert-OH is 1. The molecule has 1 saturated carbocycles. The monoisotopic (exact) mass is 382 g/mol. The van der Waals surface area contributed by atoms with E-state index in [1.807, 2.05) is 42.5 Å². The van der Waals surface area contributed by atoms with Crippen LogP contribution in [-0.4, -0.2) is 27.3 Å². The van der Waals surface area contributed by atoms with Gasteiger partial charge in [-0.25, -0.2) is 9.97 Å². The van der Waals surface area contributed by atoms with Crippen molar-refractivity contribution < 1.29 is 9.84 Å². The molecule has 4 N–H and O–H groups in total. The molecule has 7 heteroatoms. The van der Waals surface area contributed by atoms with Gasteiger partial charge in [-0.15, -0.1) is 0 Å². The van der Waals surface area contributed by atoms with E-state index in [4.69, 9.17) is 9.88 Å². The molecule has 4 rings (SSSR count). The van der Waals surface area contributed by atoms with E-state index in [2.05, 4.69) is 15.3 Å². The van der Waals surface area contributed by atoms with Gasteiger partial charge in [-0.3, -0.25) is 5.14 Å². The molecule has 1 heterocycles. The van der Waals surface area contributed by atoms with Gasteiger partial charge in [0.05, 0.1) is 12.2 Å². The second-order valence-corrected chi connectivity index (χ2v) is 7.41. The molecular formula is C20H22N4O2S. The number of hydrogen-bond donors (Lipinski definition) is 3. The Kier molecular flexibility index (Phi) is 5.42. The first kappa shape index (κ1) is 18.0. The lowest BCUT2D eigenvalue weighted by Gasteiger charge is -2.26. The quantitative estimate of drug-likeness (QED) is 0.574. The molecule has 3 aromatic rings. The third-order valence-electron chi connectivity index (χ3n) is 4.74. The van der Waals surface area contributed by atoms with Crippen molar-refractivity contribution in [2.24, 2.45) is 5.14 Å². The number of aliphatic hydroxyl groups is 1. The summed E-state index contributed by atoms with van der Waals surface area (Å²) in [4.78, 5) is 10.0. The summed E-state index contributed by atoms with van der Waals surface area (Å²) in [5.74, 6) is 1.27. The highest BCUT2D eigenvalue weighted by molar-refractivity contribution is 7.97. The van der Waals surface area contributed by atoms with Crippen LogP contribution in [0.15, 0.2) is 53.6 Å². The molecule has 0 radical (unpaired) electrons. The van der Waals surface area contributed by atoms with Gasteiger partial charge < -0.3 is 15.2 Å². The Morgan fingerprint density at radius 3 is 2.74 bits per heavy atom. The zero-order valence-electron chi connectivity index (χ0n) is 14.8. The molecule has 6 nitrogen and oxygen atoms in total. The van der Waals surface area contributed by atoms with E-state index >= 15 is 0 Å². The number of nitrogens with one attached hydrogen (secondary N) is 1. The molecule has 1 fully saturated rings. The highest BCUT2D eigenvalue weighted by Crippen LogP contribution is 2.29. The third-order valence-corrected chi connectivity index (χ3v) is 5.26. The van der Waals surface area contributed by atoms with Crippen molar-refractivity contribution >= 4 is 34.5 Å². The van der Waals surface area contributed by atoms with Gasteiger partial charge in [0.2, 0.25) is 5.95 Å². The summed E-state index contributed by atoms with van der Waals surface area (Å²) in [6.07, 6.45) is 5.00. The molecule has 1 aliphatic rings. The first-order valence-corrected chi connectivity index (χ1v) is 9.93. The van der Waals surface area contributed by atoms with Gasteiger partial charge in [0, 0.05) is 22.2 Å². The predicted octanol–water partition coefficient (Wildman–Crippen LogP) is 4.02. The van der Waals surface area contributed by atoms with Gasteiger partial charge in [0.25, 0.3) is 0 Å². The summed E-state index contributed by atoms with van der Waals surface area (Å²) in [6.45, 7) is 0. The van der Waals surface area contributed by atoms with Crippen molar-refractivity contribution in [3.05, 3.63) is 48.7 Å². The van der Waals surface area contributed by atoms with E-state index in [9.17, 15) is 5.11 Å². The maximum atomic E-state index is 9.68. The Labute approximate surface area is 162 Å². The summed E-state index contributed by atoms with van der Waals surface area (Å²) in [7, 11) is 0. The molecule has 27 heavy (non-hydrogen) atoms. The van der Waals surface area contributed by atoms with E-state index in [0.29, 0.717) is 5.95 Å². The minimum atomic E-state index is -0.196. The molecule has 0 atom stereocenters. The summed E-state index contributed by atoms with van der Waals surface area (Å²) >= 11 is 1.20. The predicted molar refractivity (Wildman–Crippen MR) is 108 cm³/mol. The van der Waals surface area contributed by atoms with Crippen LogP contribution in [-0.2, 0) is 0 Å². The number of nitrogens with zero attached hydrogens (tertiary/aromatic N) is 2.